The summed E-state index contributed by atoms with van der Waals surface area (Å²) >= 11 is 5.95. The first kappa shape index (κ1) is 18.6. The second-order valence-corrected chi connectivity index (χ2v) is 7.15. The van der Waals surface area contributed by atoms with Crippen LogP contribution in [-0.4, -0.2) is 51.2 Å². The van der Waals surface area contributed by atoms with Gasteiger partial charge < -0.3 is 14.7 Å². The van der Waals surface area contributed by atoms with Crippen molar-refractivity contribution in [2.24, 2.45) is 0 Å². The van der Waals surface area contributed by atoms with Crippen LogP contribution in [-0.2, 0) is 0 Å². The largest absolute Gasteiger partial charge is 0.490 e. The van der Waals surface area contributed by atoms with E-state index in [1.807, 2.05) is 0 Å². The van der Waals surface area contributed by atoms with E-state index in [2.05, 4.69) is 9.97 Å². The number of benzene rings is 1. The van der Waals surface area contributed by atoms with Gasteiger partial charge in [0, 0.05) is 17.8 Å². The zero-order chi connectivity index (χ0) is 18.7. The predicted octanol–water partition coefficient (Wildman–Crippen LogP) is 2.79. The minimum absolute atomic E-state index is 0.0977. The monoisotopic (exact) mass is 375 g/mol. The predicted molar refractivity (Wildman–Crippen MR) is 98.5 cm³/mol. The highest BCUT2D eigenvalue weighted by Crippen LogP contribution is 2.25. The molecule has 0 aliphatic carbocycles. The summed E-state index contributed by atoms with van der Waals surface area (Å²) in [6.07, 6.45) is 2.82. The highest BCUT2D eigenvalue weighted by atomic mass is 35.5. The van der Waals surface area contributed by atoms with E-state index >= 15 is 0 Å². The Labute approximate surface area is 157 Å². The molecule has 1 fully saturated rings. The Morgan fingerprint density at radius 2 is 2.23 bits per heavy atom. The van der Waals surface area contributed by atoms with E-state index in [4.69, 9.17) is 16.3 Å². The number of carbonyl (C=O) groups is 1. The smallest absolute Gasteiger partial charge is 0.257 e. The van der Waals surface area contributed by atoms with Crippen LogP contribution in [0.15, 0.2) is 30.5 Å². The number of piperidine rings is 1. The van der Waals surface area contributed by atoms with Crippen molar-refractivity contribution in [3.63, 3.8) is 0 Å². The molecule has 1 N–H and O–H groups in total. The molecule has 0 saturated carbocycles. The molecular formula is C19H22ClN3O3. The average Bonchev–Trinajstić information content (AvgIpc) is 2.60. The maximum Gasteiger partial charge on any atom is 0.257 e. The molecule has 1 unspecified atom stereocenters. The Kier molecular flexibility index (Phi) is 5.44. The SMILES string of the molecule is Cc1ncc(C(=O)N2CCCC(O)(COc3cccc(Cl)c3)C2)c(C)n1. The summed E-state index contributed by atoms with van der Waals surface area (Å²) in [5, 5.41) is 11.5. The fourth-order valence-electron chi connectivity index (χ4n) is 3.14. The van der Waals surface area contributed by atoms with Crippen molar-refractivity contribution in [1.82, 2.24) is 14.9 Å². The van der Waals surface area contributed by atoms with Gasteiger partial charge in [-0.2, -0.15) is 0 Å². The van der Waals surface area contributed by atoms with Gasteiger partial charge in [0.05, 0.1) is 17.8 Å². The number of halogens is 1. The van der Waals surface area contributed by atoms with Gasteiger partial charge in [-0.05, 0) is 44.9 Å². The summed E-state index contributed by atoms with van der Waals surface area (Å²) in [6.45, 7) is 4.47. The molecule has 1 aliphatic rings. The molecule has 1 aliphatic heterocycles. The first-order valence-corrected chi connectivity index (χ1v) is 8.94. The van der Waals surface area contributed by atoms with E-state index in [0.717, 1.165) is 0 Å². The summed E-state index contributed by atoms with van der Waals surface area (Å²) in [5.74, 6) is 1.06. The summed E-state index contributed by atoms with van der Waals surface area (Å²) in [7, 11) is 0. The van der Waals surface area contributed by atoms with Gasteiger partial charge in [-0.15, -0.1) is 0 Å². The first-order valence-electron chi connectivity index (χ1n) is 8.57. The first-order chi connectivity index (χ1) is 12.4. The fourth-order valence-corrected chi connectivity index (χ4v) is 3.32. The van der Waals surface area contributed by atoms with Crippen LogP contribution in [0, 0.1) is 13.8 Å². The van der Waals surface area contributed by atoms with E-state index in [1.165, 1.54) is 0 Å². The van der Waals surface area contributed by atoms with Crippen molar-refractivity contribution < 1.29 is 14.6 Å². The lowest BCUT2D eigenvalue weighted by atomic mass is 9.93. The number of likely N-dealkylation sites (tertiary alicyclic amines) is 1. The maximum absolute atomic E-state index is 12.8. The number of hydrogen-bond donors (Lipinski definition) is 1. The van der Waals surface area contributed by atoms with Gasteiger partial charge in [0.15, 0.2) is 0 Å². The minimum Gasteiger partial charge on any atom is -0.490 e. The van der Waals surface area contributed by atoms with Crippen LogP contribution in [0.5, 0.6) is 5.75 Å². The molecular weight excluding hydrogens is 354 g/mol. The van der Waals surface area contributed by atoms with Crippen molar-refractivity contribution >= 4 is 17.5 Å². The van der Waals surface area contributed by atoms with Crippen LogP contribution in [0.3, 0.4) is 0 Å². The summed E-state index contributed by atoms with van der Waals surface area (Å²) in [6, 6.07) is 7.03. The molecule has 1 amide bonds. The molecule has 1 aromatic carbocycles. The molecule has 0 bridgehead atoms. The lowest BCUT2D eigenvalue weighted by Crippen LogP contribution is -2.53. The number of aliphatic hydroxyl groups is 1. The van der Waals surface area contributed by atoms with Gasteiger partial charge in [0.25, 0.3) is 5.91 Å². The van der Waals surface area contributed by atoms with Crippen LogP contribution in [0.2, 0.25) is 5.02 Å². The van der Waals surface area contributed by atoms with E-state index < -0.39 is 5.60 Å². The molecule has 1 atom stereocenters. The van der Waals surface area contributed by atoms with Gasteiger partial charge in [0.2, 0.25) is 0 Å². The van der Waals surface area contributed by atoms with Crippen molar-refractivity contribution in [3.05, 3.63) is 52.6 Å². The zero-order valence-corrected chi connectivity index (χ0v) is 15.7. The Morgan fingerprint density at radius 1 is 1.42 bits per heavy atom. The van der Waals surface area contributed by atoms with Crippen molar-refractivity contribution in [3.8, 4) is 5.75 Å². The molecule has 138 valence electrons. The third-order valence-corrected chi connectivity index (χ3v) is 4.71. The molecule has 6 nitrogen and oxygen atoms in total. The number of aromatic nitrogens is 2. The summed E-state index contributed by atoms with van der Waals surface area (Å²) < 4.78 is 5.71. The maximum atomic E-state index is 12.8. The van der Waals surface area contributed by atoms with E-state index in [9.17, 15) is 9.90 Å². The van der Waals surface area contributed by atoms with Crippen molar-refractivity contribution in [2.45, 2.75) is 32.3 Å². The topological polar surface area (TPSA) is 75.6 Å². The van der Waals surface area contributed by atoms with Crippen LogP contribution < -0.4 is 4.74 Å². The number of rotatable bonds is 4. The lowest BCUT2D eigenvalue weighted by molar-refractivity contribution is -0.0532. The second kappa shape index (κ2) is 7.60. The second-order valence-electron chi connectivity index (χ2n) is 6.72. The van der Waals surface area contributed by atoms with Gasteiger partial charge in [0.1, 0.15) is 23.8 Å². The molecule has 3 rings (SSSR count). The summed E-state index contributed by atoms with van der Waals surface area (Å²) in [5.41, 5.74) is 0.0118. The summed E-state index contributed by atoms with van der Waals surface area (Å²) in [4.78, 5) is 22.8. The highest BCUT2D eigenvalue weighted by Gasteiger charge is 2.36. The fraction of sp³-hybridized carbons (Fsp3) is 0.421. The molecule has 7 heteroatoms. The van der Waals surface area contributed by atoms with Crippen LogP contribution in [0.25, 0.3) is 0 Å². The molecule has 0 spiro atoms. The van der Waals surface area contributed by atoms with Gasteiger partial charge in [-0.3, -0.25) is 4.79 Å². The Balaban J connectivity index is 1.68. The number of β-amino-alcohol motifs (C(OH)–C–C–N with tert-alkyl or cyclic N) is 1. The Hall–Kier alpha value is -2.18. The standard InChI is InChI=1S/C19H22ClN3O3/c1-13-17(10-21-14(2)22-13)18(24)23-8-4-7-19(25,11-23)12-26-16-6-3-5-15(20)9-16/h3,5-6,9-10,25H,4,7-8,11-12H2,1-2H3. The van der Waals surface area contributed by atoms with Crippen LogP contribution >= 0.6 is 11.6 Å². The Bertz CT molecular complexity index is 814. The van der Waals surface area contributed by atoms with Gasteiger partial charge in [-0.1, -0.05) is 17.7 Å². The third-order valence-electron chi connectivity index (χ3n) is 4.48. The zero-order valence-electron chi connectivity index (χ0n) is 14.9. The molecule has 2 heterocycles. The molecule has 1 saturated heterocycles. The van der Waals surface area contributed by atoms with E-state index in [0.29, 0.717) is 47.2 Å². The van der Waals surface area contributed by atoms with Crippen molar-refractivity contribution in [2.75, 3.05) is 19.7 Å². The quantitative estimate of drug-likeness (QED) is 0.889. The van der Waals surface area contributed by atoms with Gasteiger partial charge >= 0.3 is 0 Å². The van der Waals surface area contributed by atoms with Crippen LogP contribution in [0.4, 0.5) is 0 Å². The average molecular weight is 376 g/mol. The molecule has 1 aromatic heterocycles. The number of carbonyl (C=O) groups excluding carboxylic acids is 1. The molecule has 26 heavy (non-hydrogen) atoms. The van der Waals surface area contributed by atoms with Gasteiger partial charge in [-0.25, -0.2) is 9.97 Å². The normalized spacial score (nSPS) is 20.1. The minimum atomic E-state index is -1.10. The van der Waals surface area contributed by atoms with E-state index in [1.54, 1.807) is 49.2 Å². The number of aryl methyl sites for hydroxylation is 2. The van der Waals surface area contributed by atoms with Crippen molar-refractivity contribution in [1.29, 1.82) is 0 Å². The highest BCUT2D eigenvalue weighted by molar-refractivity contribution is 6.30. The third kappa shape index (κ3) is 4.31. The number of amides is 1. The Morgan fingerprint density at radius 3 is 2.96 bits per heavy atom. The number of nitrogens with zero attached hydrogens (tertiary/aromatic N) is 3. The van der Waals surface area contributed by atoms with Crippen LogP contribution in [0.1, 0.15) is 34.7 Å². The number of hydrogen-bond acceptors (Lipinski definition) is 5. The number of ether oxygens (including phenoxy) is 1. The molecule has 2 aromatic rings. The van der Waals surface area contributed by atoms with E-state index in [-0.39, 0.29) is 19.1 Å². The molecule has 0 radical (unpaired) electrons. The lowest BCUT2D eigenvalue weighted by Gasteiger charge is -2.39.